The van der Waals surface area contributed by atoms with Gasteiger partial charge in [0.2, 0.25) is 5.91 Å². The van der Waals surface area contributed by atoms with Crippen molar-refractivity contribution in [3.63, 3.8) is 0 Å². The van der Waals surface area contributed by atoms with Crippen molar-refractivity contribution in [3.05, 3.63) is 48.0 Å². The molecule has 0 aliphatic rings. The average Bonchev–Trinajstić information content (AvgIpc) is 2.25. The molecule has 0 aromatic heterocycles. The van der Waals surface area contributed by atoms with Gasteiger partial charge in [0, 0.05) is 6.54 Å². The zero-order chi connectivity index (χ0) is 12.9. The van der Waals surface area contributed by atoms with Gasteiger partial charge in [-0.15, -0.1) is 0 Å². The number of hydrogen-bond acceptors (Lipinski definition) is 1. The Morgan fingerprint density at radius 2 is 1.88 bits per heavy atom. The highest BCUT2D eigenvalue weighted by Crippen LogP contribution is 2.23. The number of hydrogen-bond donors (Lipinski definition) is 1. The van der Waals surface area contributed by atoms with E-state index in [1.807, 2.05) is 0 Å². The Morgan fingerprint density at radius 1 is 1.29 bits per heavy atom. The van der Waals surface area contributed by atoms with E-state index in [1.165, 1.54) is 6.07 Å². The van der Waals surface area contributed by atoms with Crippen molar-refractivity contribution in [1.82, 2.24) is 5.32 Å². The molecule has 0 atom stereocenters. The molecular weight excluding hydrogens is 231 g/mol. The fourth-order valence-corrected chi connectivity index (χ4v) is 1.37. The molecule has 1 aromatic rings. The van der Waals surface area contributed by atoms with Gasteiger partial charge in [-0.3, -0.25) is 4.79 Å². The van der Waals surface area contributed by atoms with Crippen molar-refractivity contribution in [3.8, 4) is 0 Å². The van der Waals surface area contributed by atoms with Crippen molar-refractivity contribution in [2.45, 2.75) is 19.1 Å². The second-order valence-corrected chi connectivity index (χ2v) is 3.48. The first kappa shape index (κ1) is 13.3. The van der Waals surface area contributed by atoms with Gasteiger partial charge < -0.3 is 5.32 Å². The maximum atomic E-state index is 12.3. The minimum atomic E-state index is -4.25. The number of halogens is 3. The monoisotopic (exact) mass is 243 g/mol. The Hall–Kier alpha value is -1.78. The number of alkyl halides is 3. The Kier molecular flexibility index (Phi) is 4.31. The summed E-state index contributed by atoms with van der Waals surface area (Å²) >= 11 is 0. The Morgan fingerprint density at radius 3 is 2.41 bits per heavy atom. The molecule has 0 aliphatic heterocycles. The molecule has 2 nitrogen and oxygen atoms in total. The molecule has 0 heterocycles. The number of rotatable bonds is 4. The van der Waals surface area contributed by atoms with Gasteiger partial charge in [-0.05, 0) is 17.2 Å². The largest absolute Gasteiger partial charge is 0.393 e. The minimum Gasteiger partial charge on any atom is -0.348 e. The van der Waals surface area contributed by atoms with Crippen LogP contribution in [-0.4, -0.2) is 12.1 Å². The lowest BCUT2D eigenvalue weighted by Gasteiger charge is -2.11. The third-order valence-corrected chi connectivity index (χ3v) is 2.15. The zero-order valence-corrected chi connectivity index (χ0v) is 9.05. The minimum absolute atomic E-state index is 0.0666. The van der Waals surface area contributed by atoms with E-state index in [0.717, 1.165) is 6.08 Å². The number of nitrogens with one attached hydrogen (secondary N) is 1. The molecule has 0 spiro atoms. The van der Waals surface area contributed by atoms with Gasteiger partial charge in [0.15, 0.2) is 0 Å². The van der Waals surface area contributed by atoms with E-state index in [2.05, 4.69) is 11.9 Å². The summed E-state index contributed by atoms with van der Waals surface area (Å²) in [6.45, 7) is 3.33. The van der Waals surface area contributed by atoms with Gasteiger partial charge >= 0.3 is 6.18 Å². The van der Waals surface area contributed by atoms with Crippen LogP contribution in [0.15, 0.2) is 36.9 Å². The first-order chi connectivity index (χ1) is 7.92. The van der Waals surface area contributed by atoms with Gasteiger partial charge in [-0.25, -0.2) is 0 Å². The molecule has 1 aromatic carbocycles. The normalized spacial score (nSPS) is 11.0. The van der Waals surface area contributed by atoms with Crippen molar-refractivity contribution in [2.24, 2.45) is 0 Å². The molecule has 92 valence electrons. The summed E-state index contributed by atoms with van der Waals surface area (Å²) in [7, 11) is 0. The van der Waals surface area contributed by atoms with Crippen molar-refractivity contribution >= 4 is 5.91 Å². The molecule has 1 rings (SSSR count). The molecule has 0 saturated carbocycles. The predicted octanol–water partition coefficient (Wildman–Crippen LogP) is 2.59. The Balaban J connectivity index is 2.77. The maximum absolute atomic E-state index is 12.3. The van der Waals surface area contributed by atoms with Crippen LogP contribution in [0.5, 0.6) is 0 Å². The lowest BCUT2D eigenvalue weighted by molar-refractivity contribution is -0.127. The number of benzene rings is 1. The third kappa shape index (κ3) is 4.72. The molecule has 0 aliphatic carbocycles. The molecule has 0 fully saturated rings. The van der Waals surface area contributed by atoms with E-state index < -0.39 is 18.5 Å². The van der Waals surface area contributed by atoms with Gasteiger partial charge in [-0.2, -0.15) is 13.2 Å². The van der Waals surface area contributed by atoms with Crippen molar-refractivity contribution in [2.75, 3.05) is 0 Å². The average molecular weight is 243 g/mol. The van der Waals surface area contributed by atoms with Crippen LogP contribution in [0.25, 0.3) is 0 Å². The number of carbonyl (C=O) groups is 1. The first-order valence-corrected chi connectivity index (χ1v) is 4.96. The molecule has 1 amide bonds. The van der Waals surface area contributed by atoms with Crippen LogP contribution in [0, 0.1) is 0 Å². The van der Waals surface area contributed by atoms with Gasteiger partial charge in [0.05, 0.1) is 6.42 Å². The molecule has 5 heteroatoms. The summed E-state index contributed by atoms with van der Waals surface area (Å²) in [6, 6.07) is 6.14. The summed E-state index contributed by atoms with van der Waals surface area (Å²) in [6.07, 6.45) is -4.17. The van der Waals surface area contributed by atoms with Crippen LogP contribution in [-0.2, 0) is 17.8 Å². The molecule has 1 N–H and O–H groups in total. The van der Waals surface area contributed by atoms with Crippen LogP contribution < -0.4 is 5.32 Å². The fourth-order valence-electron chi connectivity index (χ4n) is 1.37. The summed E-state index contributed by atoms with van der Waals surface area (Å²) < 4.78 is 36.8. The van der Waals surface area contributed by atoms with E-state index in [9.17, 15) is 18.0 Å². The fraction of sp³-hybridized carbons (Fsp3) is 0.250. The van der Waals surface area contributed by atoms with Crippen molar-refractivity contribution in [1.29, 1.82) is 0 Å². The van der Waals surface area contributed by atoms with Crippen LogP contribution in [0.4, 0.5) is 13.2 Å². The molecule has 0 radical (unpaired) electrons. The summed E-state index contributed by atoms with van der Waals surface area (Å²) in [5.74, 6) is -0.410. The van der Waals surface area contributed by atoms with Crippen LogP contribution in [0.3, 0.4) is 0 Å². The second kappa shape index (κ2) is 5.52. The number of carbonyl (C=O) groups excluding carboxylic acids is 1. The predicted molar refractivity (Wildman–Crippen MR) is 58.2 cm³/mol. The van der Waals surface area contributed by atoms with Gasteiger partial charge in [-0.1, -0.05) is 30.8 Å². The van der Waals surface area contributed by atoms with E-state index in [4.69, 9.17) is 0 Å². The summed E-state index contributed by atoms with van der Waals surface area (Å²) in [4.78, 5) is 10.9. The second-order valence-electron chi connectivity index (χ2n) is 3.48. The summed E-state index contributed by atoms with van der Waals surface area (Å²) in [5.41, 5.74) is 0.629. The van der Waals surface area contributed by atoms with E-state index in [0.29, 0.717) is 5.56 Å². The molecule has 0 unspecified atom stereocenters. The Bertz CT molecular complexity index is 412. The highest BCUT2D eigenvalue weighted by molar-refractivity contribution is 5.86. The smallest absolute Gasteiger partial charge is 0.348 e. The van der Waals surface area contributed by atoms with Crippen LogP contribution in [0.2, 0.25) is 0 Å². The molecule has 0 saturated heterocycles. The van der Waals surface area contributed by atoms with Crippen LogP contribution >= 0.6 is 0 Å². The quantitative estimate of drug-likeness (QED) is 0.809. The van der Waals surface area contributed by atoms with Crippen LogP contribution in [0.1, 0.15) is 11.1 Å². The first-order valence-electron chi connectivity index (χ1n) is 4.96. The zero-order valence-electron chi connectivity index (χ0n) is 9.05. The van der Waals surface area contributed by atoms with E-state index >= 15 is 0 Å². The lowest BCUT2D eigenvalue weighted by atomic mass is 10.0. The summed E-state index contributed by atoms with van der Waals surface area (Å²) in [5, 5.41) is 2.45. The third-order valence-electron chi connectivity index (χ3n) is 2.15. The lowest BCUT2D eigenvalue weighted by Crippen LogP contribution is -2.22. The molecular formula is C12H12F3NO. The van der Waals surface area contributed by atoms with Crippen molar-refractivity contribution < 1.29 is 18.0 Å². The Labute approximate surface area is 97.1 Å². The number of amides is 1. The highest BCUT2D eigenvalue weighted by atomic mass is 19.4. The molecule has 0 bridgehead atoms. The van der Waals surface area contributed by atoms with E-state index in [1.54, 1.807) is 18.2 Å². The SMILES string of the molecule is C=CC(=O)NCc1ccccc1CC(F)(F)F. The van der Waals surface area contributed by atoms with Gasteiger partial charge in [0.1, 0.15) is 0 Å². The maximum Gasteiger partial charge on any atom is 0.393 e. The topological polar surface area (TPSA) is 29.1 Å². The highest BCUT2D eigenvalue weighted by Gasteiger charge is 2.28. The standard InChI is InChI=1S/C12H12F3NO/c1-2-11(17)16-8-10-6-4-3-5-9(10)7-12(13,14)15/h2-6H,1,7-8H2,(H,16,17). The van der Waals surface area contributed by atoms with E-state index in [-0.39, 0.29) is 12.1 Å². The molecule has 17 heavy (non-hydrogen) atoms. The van der Waals surface area contributed by atoms with Gasteiger partial charge in [0.25, 0.3) is 0 Å².